The Labute approximate surface area is 119 Å². The summed E-state index contributed by atoms with van der Waals surface area (Å²) in [5.74, 6) is -0.419. The zero-order chi connectivity index (χ0) is 14.8. The number of rotatable bonds is 4. The van der Waals surface area contributed by atoms with E-state index in [0.717, 1.165) is 25.7 Å². The van der Waals surface area contributed by atoms with Gasteiger partial charge in [-0.15, -0.1) is 0 Å². The Morgan fingerprint density at radius 3 is 2.65 bits per heavy atom. The lowest BCUT2D eigenvalue weighted by Gasteiger charge is -2.22. The molecule has 0 unspecified atom stereocenters. The molecule has 1 fully saturated rings. The van der Waals surface area contributed by atoms with Gasteiger partial charge < -0.3 is 15.0 Å². The second-order valence-electron chi connectivity index (χ2n) is 5.64. The molecule has 2 rings (SSSR count). The van der Waals surface area contributed by atoms with Crippen molar-refractivity contribution in [1.82, 2.24) is 4.98 Å². The zero-order valence-electron chi connectivity index (χ0n) is 12.3. The number of hydrogen-bond acceptors (Lipinski definition) is 3. The van der Waals surface area contributed by atoms with Gasteiger partial charge in [0.05, 0.1) is 12.3 Å². The first-order chi connectivity index (χ1) is 9.48. The Bertz CT molecular complexity index is 513. The molecule has 0 radical (unpaired) electrons. The Morgan fingerprint density at radius 1 is 1.40 bits per heavy atom. The fourth-order valence-electron chi connectivity index (χ4n) is 2.75. The molecule has 0 bridgehead atoms. The van der Waals surface area contributed by atoms with Crippen LogP contribution >= 0.6 is 0 Å². The number of carbonyl (C=O) groups is 2. The van der Waals surface area contributed by atoms with E-state index in [9.17, 15) is 9.59 Å². The number of carbonyl (C=O) groups excluding carboxylic acids is 2. The first-order valence-corrected chi connectivity index (χ1v) is 7.14. The Morgan fingerprint density at radius 2 is 2.05 bits per heavy atom. The number of ether oxygens (including phenoxy) is 1. The molecule has 0 atom stereocenters. The van der Waals surface area contributed by atoms with Gasteiger partial charge in [0.25, 0.3) is 0 Å². The molecule has 0 aliphatic heterocycles. The number of aromatic amines is 1. The van der Waals surface area contributed by atoms with Gasteiger partial charge in [0, 0.05) is 17.3 Å². The molecular weight excluding hydrogens is 256 g/mol. The highest BCUT2D eigenvalue weighted by Crippen LogP contribution is 2.38. The van der Waals surface area contributed by atoms with E-state index < -0.39 is 5.97 Å². The van der Waals surface area contributed by atoms with Gasteiger partial charge in [-0.3, -0.25) is 4.79 Å². The number of aryl methyl sites for hydroxylation is 1. The third-order valence-corrected chi connectivity index (χ3v) is 4.06. The summed E-state index contributed by atoms with van der Waals surface area (Å²) in [6.45, 7) is 5.85. The van der Waals surface area contributed by atoms with Crippen molar-refractivity contribution < 1.29 is 14.3 Å². The van der Waals surface area contributed by atoms with Crippen LogP contribution in [0.3, 0.4) is 0 Å². The van der Waals surface area contributed by atoms with Crippen molar-refractivity contribution in [3.8, 4) is 0 Å². The molecule has 110 valence electrons. The third-order valence-electron chi connectivity index (χ3n) is 4.06. The number of amides is 1. The maximum Gasteiger partial charge on any atom is 0.342 e. The van der Waals surface area contributed by atoms with Gasteiger partial charge in [0.2, 0.25) is 5.91 Å². The Kier molecular flexibility index (Phi) is 4.16. The van der Waals surface area contributed by atoms with Crippen LogP contribution in [-0.4, -0.2) is 23.5 Å². The molecule has 1 aromatic heterocycles. The summed E-state index contributed by atoms with van der Waals surface area (Å²) in [6, 6.07) is 0. The summed E-state index contributed by atoms with van der Waals surface area (Å²) in [5, 5.41) is 2.88. The molecule has 20 heavy (non-hydrogen) atoms. The van der Waals surface area contributed by atoms with Crippen molar-refractivity contribution in [3.63, 3.8) is 0 Å². The molecule has 5 nitrogen and oxygen atoms in total. The molecule has 1 aliphatic carbocycles. The van der Waals surface area contributed by atoms with Crippen molar-refractivity contribution in [3.05, 3.63) is 17.5 Å². The lowest BCUT2D eigenvalue weighted by Crippen LogP contribution is -2.31. The number of anilines is 1. The van der Waals surface area contributed by atoms with Gasteiger partial charge in [-0.25, -0.2) is 4.79 Å². The smallest absolute Gasteiger partial charge is 0.342 e. The van der Waals surface area contributed by atoms with Crippen molar-refractivity contribution in [2.24, 2.45) is 5.41 Å². The highest BCUT2D eigenvalue weighted by atomic mass is 16.5. The molecular formula is C15H22N2O3. The number of hydrogen-bond donors (Lipinski definition) is 2. The van der Waals surface area contributed by atoms with Crippen molar-refractivity contribution in [2.45, 2.75) is 46.5 Å². The van der Waals surface area contributed by atoms with Gasteiger partial charge in [0.1, 0.15) is 5.56 Å². The Balaban J connectivity index is 2.17. The van der Waals surface area contributed by atoms with E-state index in [1.54, 1.807) is 20.0 Å². The second kappa shape index (κ2) is 5.69. The highest BCUT2D eigenvalue weighted by Gasteiger charge is 2.36. The van der Waals surface area contributed by atoms with Crippen LogP contribution in [0.25, 0.3) is 0 Å². The normalized spacial score (nSPS) is 16.9. The van der Waals surface area contributed by atoms with Crippen LogP contribution in [-0.2, 0) is 9.53 Å². The van der Waals surface area contributed by atoms with Crippen molar-refractivity contribution in [1.29, 1.82) is 0 Å². The zero-order valence-corrected chi connectivity index (χ0v) is 12.3. The number of nitrogens with one attached hydrogen (secondary N) is 2. The lowest BCUT2D eigenvalue weighted by atomic mass is 9.88. The summed E-state index contributed by atoms with van der Waals surface area (Å²) in [4.78, 5) is 27.3. The SMILES string of the molecule is CCOC(=O)c1c(NC(=O)C2(C)CCCC2)c[nH]c1C. The average Bonchev–Trinajstić information content (AvgIpc) is 2.98. The van der Waals surface area contributed by atoms with E-state index in [1.165, 1.54) is 0 Å². The van der Waals surface area contributed by atoms with Crippen molar-refractivity contribution >= 4 is 17.6 Å². The highest BCUT2D eigenvalue weighted by molar-refractivity contribution is 6.03. The molecule has 0 aromatic carbocycles. The molecule has 0 spiro atoms. The van der Waals surface area contributed by atoms with Crippen molar-refractivity contribution in [2.75, 3.05) is 11.9 Å². The topological polar surface area (TPSA) is 71.2 Å². The molecule has 1 saturated carbocycles. The standard InChI is InChI=1S/C15H22N2O3/c1-4-20-13(18)12-10(2)16-9-11(12)17-14(19)15(3)7-5-6-8-15/h9,16H,4-8H2,1-3H3,(H,17,19). The van der Waals surface area contributed by atoms with Gasteiger partial charge in [-0.05, 0) is 26.7 Å². The minimum atomic E-state index is -0.405. The number of aromatic nitrogens is 1. The van der Waals surface area contributed by atoms with E-state index >= 15 is 0 Å². The Hall–Kier alpha value is -1.78. The molecule has 1 amide bonds. The summed E-state index contributed by atoms with van der Waals surface area (Å²) in [6.07, 6.45) is 5.62. The van der Waals surface area contributed by atoms with E-state index in [-0.39, 0.29) is 11.3 Å². The van der Waals surface area contributed by atoms with Gasteiger partial charge in [-0.2, -0.15) is 0 Å². The van der Waals surface area contributed by atoms with Crippen LogP contribution in [0, 0.1) is 12.3 Å². The van der Waals surface area contributed by atoms with Gasteiger partial charge >= 0.3 is 5.97 Å². The molecule has 2 N–H and O–H groups in total. The third kappa shape index (κ3) is 2.71. The quantitative estimate of drug-likeness (QED) is 0.832. The summed E-state index contributed by atoms with van der Waals surface area (Å²) in [7, 11) is 0. The van der Waals surface area contributed by atoms with E-state index in [1.807, 2.05) is 6.92 Å². The van der Waals surface area contributed by atoms with Gasteiger partial charge in [0.15, 0.2) is 0 Å². The van der Waals surface area contributed by atoms with Crippen LogP contribution in [0.5, 0.6) is 0 Å². The fourth-order valence-corrected chi connectivity index (χ4v) is 2.75. The lowest BCUT2D eigenvalue weighted by molar-refractivity contribution is -0.124. The number of H-pyrrole nitrogens is 1. The molecule has 5 heteroatoms. The predicted octanol–water partition coefficient (Wildman–Crippen LogP) is 3.02. The minimum Gasteiger partial charge on any atom is -0.462 e. The maximum absolute atomic E-state index is 12.4. The maximum atomic E-state index is 12.4. The van der Waals surface area contributed by atoms with Crippen LogP contribution in [0.15, 0.2) is 6.20 Å². The monoisotopic (exact) mass is 278 g/mol. The summed E-state index contributed by atoms with van der Waals surface area (Å²) in [5.41, 5.74) is 1.31. The first kappa shape index (κ1) is 14.6. The van der Waals surface area contributed by atoms with Crippen LogP contribution in [0.1, 0.15) is 55.6 Å². The summed E-state index contributed by atoms with van der Waals surface area (Å²) >= 11 is 0. The fraction of sp³-hybridized carbons (Fsp3) is 0.600. The average molecular weight is 278 g/mol. The number of esters is 1. The first-order valence-electron chi connectivity index (χ1n) is 7.14. The minimum absolute atomic E-state index is 0.0143. The van der Waals surface area contributed by atoms with Gasteiger partial charge in [-0.1, -0.05) is 19.8 Å². The van der Waals surface area contributed by atoms with E-state index in [0.29, 0.717) is 23.6 Å². The van der Waals surface area contributed by atoms with Crippen LogP contribution in [0.2, 0.25) is 0 Å². The van der Waals surface area contributed by atoms with Crippen LogP contribution < -0.4 is 5.32 Å². The molecule has 1 heterocycles. The van der Waals surface area contributed by atoms with E-state index in [2.05, 4.69) is 10.3 Å². The van der Waals surface area contributed by atoms with Crippen LogP contribution in [0.4, 0.5) is 5.69 Å². The summed E-state index contributed by atoms with van der Waals surface area (Å²) < 4.78 is 5.03. The second-order valence-corrected chi connectivity index (χ2v) is 5.64. The largest absolute Gasteiger partial charge is 0.462 e. The molecule has 1 aliphatic rings. The van der Waals surface area contributed by atoms with E-state index in [4.69, 9.17) is 4.74 Å². The molecule has 0 saturated heterocycles. The predicted molar refractivity (Wildman–Crippen MR) is 76.7 cm³/mol. The molecule has 1 aromatic rings.